The molecule has 0 unspecified atom stereocenters. The molecule has 5 atom stereocenters. The second kappa shape index (κ2) is 5.11. The number of rotatable bonds is 2. The average molecular weight is 346 g/mol. The largest absolute Gasteiger partial charge is 0.326 e. The maximum Gasteiger partial charge on any atom is 0.291 e. The molecule has 3 amide bonds. The van der Waals surface area contributed by atoms with Gasteiger partial charge in [-0.1, -0.05) is 6.92 Å². The number of nitrogens with two attached hydrogens (primary N) is 1. The lowest BCUT2D eigenvalue weighted by atomic mass is 9.76. The average Bonchev–Trinajstić information content (AvgIpc) is 3.12. The summed E-state index contributed by atoms with van der Waals surface area (Å²) in [5.41, 5.74) is -0.294. The maximum absolute atomic E-state index is 13.9. The molecule has 132 valence electrons. The van der Waals surface area contributed by atoms with Crippen LogP contribution in [0.5, 0.6) is 0 Å². The summed E-state index contributed by atoms with van der Waals surface area (Å²) in [5, 5.41) is 4.54. The molecule has 7 heteroatoms. The van der Waals surface area contributed by atoms with Crippen molar-refractivity contribution in [3.05, 3.63) is 29.6 Å². The molecule has 25 heavy (non-hydrogen) atoms. The van der Waals surface area contributed by atoms with E-state index in [0.717, 1.165) is 0 Å². The van der Waals surface area contributed by atoms with E-state index in [2.05, 4.69) is 5.32 Å². The predicted octanol–water partition coefficient (Wildman–Crippen LogP) is 0.338. The third kappa shape index (κ3) is 1.84. The molecule has 0 aliphatic carbocycles. The number of imide groups is 1. The van der Waals surface area contributed by atoms with E-state index in [0.29, 0.717) is 17.7 Å². The molecule has 6 nitrogen and oxygen atoms in total. The van der Waals surface area contributed by atoms with Crippen molar-refractivity contribution in [2.24, 2.45) is 11.8 Å². The zero-order chi connectivity index (χ0) is 18.1. The predicted molar refractivity (Wildman–Crippen MR) is 86.7 cm³/mol. The number of hydrogen-bond acceptors (Lipinski definition) is 3. The standard InChI is InChI=1S/C18H20FN3O3/c1-4-8(2)22-15(23)13-9(3)21-18(14(13)16(22)24)11-7-10(19)5-6-12(11)20-17(18)25/h5-9,13-14,21H,4H2,1-3H3,(H,20,25)/p+1/t8-,9+,13+,14-,18+/m0/s1. The molecule has 0 bridgehead atoms. The van der Waals surface area contributed by atoms with E-state index in [9.17, 15) is 18.8 Å². The molecule has 1 aromatic rings. The number of nitrogens with zero attached hydrogens (tertiary/aromatic N) is 1. The molecule has 0 radical (unpaired) electrons. The van der Waals surface area contributed by atoms with Crippen LogP contribution in [0.3, 0.4) is 0 Å². The Labute approximate surface area is 144 Å². The molecule has 3 aliphatic heterocycles. The number of nitrogens with one attached hydrogen (secondary N) is 1. The van der Waals surface area contributed by atoms with E-state index >= 15 is 0 Å². The molecule has 3 aliphatic rings. The Morgan fingerprint density at radius 3 is 2.72 bits per heavy atom. The van der Waals surface area contributed by atoms with Gasteiger partial charge in [0, 0.05) is 11.6 Å². The van der Waals surface area contributed by atoms with Gasteiger partial charge in [0.1, 0.15) is 17.7 Å². The highest BCUT2D eigenvalue weighted by Gasteiger charge is 2.73. The van der Waals surface area contributed by atoms with Gasteiger partial charge in [-0.25, -0.2) is 4.39 Å². The summed E-state index contributed by atoms with van der Waals surface area (Å²) in [6.07, 6.45) is 0.652. The van der Waals surface area contributed by atoms with E-state index in [1.165, 1.54) is 23.1 Å². The van der Waals surface area contributed by atoms with Gasteiger partial charge in [-0.15, -0.1) is 0 Å². The van der Waals surface area contributed by atoms with Gasteiger partial charge in [0.25, 0.3) is 5.91 Å². The van der Waals surface area contributed by atoms with Gasteiger partial charge in [0.05, 0.1) is 11.7 Å². The summed E-state index contributed by atoms with van der Waals surface area (Å²) < 4.78 is 13.9. The van der Waals surface area contributed by atoms with Crippen molar-refractivity contribution in [1.82, 2.24) is 4.90 Å². The molecule has 0 saturated carbocycles. The van der Waals surface area contributed by atoms with Gasteiger partial charge in [0.2, 0.25) is 17.4 Å². The second-order valence-corrected chi connectivity index (χ2v) is 7.35. The molecule has 1 spiro atoms. The molecule has 1 aromatic carbocycles. The fourth-order valence-corrected chi connectivity index (χ4v) is 4.75. The number of hydrogen-bond donors (Lipinski definition) is 2. The van der Waals surface area contributed by atoms with Crippen LogP contribution in [-0.2, 0) is 19.9 Å². The molecule has 3 heterocycles. The van der Waals surface area contributed by atoms with Crippen molar-refractivity contribution in [1.29, 1.82) is 0 Å². The number of fused-ring (bicyclic) bond motifs is 4. The fraction of sp³-hybridized carbons (Fsp3) is 0.500. The Kier molecular flexibility index (Phi) is 3.31. The van der Waals surface area contributed by atoms with Gasteiger partial charge < -0.3 is 10.6 Å². The minimum absolute atomic E-state index is 0.216. The first-order chi connectivity index (χ1) is 11.8. The SMILES string of the molecule is CC[C@H](C)N1C(=O)[C@H]2[C@@H](C1=O)[C@@]1([NH2+][C@@H]2C)C(=O)Nc2ccc(F)cc21. The fourth-order valence-electron chi connectivity index (χ4n) is 4.75. The summed E-state index contributed by atoms with van der Waals surface area (Å²) in [6.45, 7) is 5.60. The van der Waals surface area contributed by atoms with Crippen molar-refractivity contribution >= 4 is 23.4 Å². The van der Waals surface area contributed by atoms with Crippen LogP contribution in [0.15, 0.2) is 18.2 Å². The molecule has 0 aromatic heterocycles. The minimum Gasteiger partial charge on any atom is -0.326 e. The van der Waals surface area contributed by atoms with E-state index in [4.69, 9.17) is 0 Å². The number of benzene rings is 1. The van der Waals surface area contributed by atoms with E-state index in [1.54, 1.807) is 5.32 Å². The maximum atomic E-state index is 13.9. The number of carbonyl (C=O) groups excluding carboxylic acids is 3. The van der Waals surface area contributed by atoms with Gasteiger partial charge in [-0.05, 0) is 38.5 Å². The lowest BCUT2D eigenvalue weighted by Gasteiger charge is -2.28. The van der Waals surface area contributed by atoms with E-state index < -0.39 is 23.2 Å². The van der Waals surface area contributed by atoms with E-state index in [-0.39, 0.29) is 29.8 Å². The van der Waals surface area contributed by atoms with Crippen molar-refractivity contribution in [3.63, 3.8) is 0 Å². The van der Waals surface area contributed by atoms with Crippen LogP contribution < -0.4 is 10.6 Å². The zero-order valence-corrected chi connectivity index (χ0v) is 14.4. The number of quaternary nitrogens is 1. The summed E-state index contributed by atoms with van der Waals surface area (Å²) >= 11 is 0. The molecule has 3 N–H and O–H groups in total. The van der Waals surface area contributed by atoms with E-state index in [1.807, 2.05) is 20.8 Å². The van der Waals surface area contributed by atoms with Crippen LogP contribution >= 0.6 is 0 Å². The summed E-state index contributed by atoms with van der Waals surface area (Å²) in [4.78, 5) is 40.3. The zero-order valence-electron chi connectivity index (χ0n) is 14.4. The summed E-state index contributed by atoms with van der Waals surface area (Å²) in [7, 11) is 0. The van der Waals surface area contributed by atoms with Crippen molar-refractivity contribution in [3.8, 4) is 0 Å². The highest BCUT2D eigenvalue weighted by atomic mass is 19.1. The third-order valence-electron chi connectivity index (χ3n) is 6.05. The van der Waals surface area contributed by atoms with Crippen LogP contribution in [0.2, 0.25) is 0 Å². The van der Waals surface area contributed by atoms with Gasteiger partial charge in [-0.2, -0.15) is 0 Å². The molecule has 4 rings (SSSR count). The molecule has 2 fully saturated rings. The van der Waals surface area contributed by atoms with Gasteiger partial charge >= 0.3 is 0 Å². The Hall–Kier alpha value is -2.28. The normalized spacial score (nSPS) is 34.5. The number of amides is 3. The Morgan fingerprint density at radius 2 is 2.04 bits per heavy atom. The van der Waals surface area contributed by atoms with Gasteiger partial charge in [-0.3, -0.25) is 19.3 Å². The smallest absolute Gasteiger partial charge is 0.291 e. The lowest BCUT2D eigenvalue weighted by molar-refractivity contribution is -0.730. The Morgan fingerprint density at radius 1 is 1.32 bits per heavy atom. The number of halogens is 1. The highest BCUT2D eigenvalue weighted by Crippen LogP contribution is 2.49. The highest BCUT2D eigenvalue weighted by molar-refractivity contribution is 6.14. The summed E-state index contributed by atoms with van der Waals surface area (Å²) in [5.74, 6) is -2.72. The van der Waals surface area contributed by atoms with Crippen LogP contribution in [0.25, 0.3) is 0 Å². The van der Waals surface area contributed by atoms with Crippen molar-refractivity contribution < 1.29 is 24.1 Å². The first kappa shape index (κ1) is 16.2. The second-order valence-electron chi connectivity index (χ2n) is 7.35. The Balaban J connectivity index is 1.89. The minimum atomic E-state index is -1.27. The monoisotopic (exact) mass is 346 g/mol. The number of carbonyl (C=O) groups is 3. The van der Waals surface area contributed by atoms with Crippen LogP contribution in [0, 0.1) is 17.7 Å². The quantitative estimate of drug-likeness (QED) is 0.758. The van der Waals surface area contributed by atoms with Gasteiger partial charge in [0.15, 0.2) is 0 Å². The first-order valence-electron chi connectivity index (χ1n) is 8.67. The van der Waals surface area contributed by atoms with Crippen LogP contribution in [-0.4, -0.2) is 34.7 Å². The van der Waals surface area contributed by atoms with Crippen LogP contribution in [0.4, 0.5) is 10.1 Å². The lowest BCUT2D eigenvalue weighted by Crippen LogP contribution is -2.98. The Bertz CT molecular complexity index is 811. The number of likely N-dealkylation sites (tertiary alicyclic amines) is 1. The third-order valence-corrected chi connectivity index (χ3v) is 6.05. The van der Waals surface area contributed by atoms with Crippen LogP contribution in [0.1, 0.15) is 32.8 Å². The summed E-state index contributed by atoms with van der Waals surface area (Å²) in [6, 6.07) is 3.64. The molecular formula is C18H21FN3O3+. The molecule has 2 saturated heterocycles. The first-order valence-corrected chi connectivity index (χ1v) is 8.67. The van der Waals surface area contributed by atoms with Crippen molar-refractivity contribution in [2.45, 2.75) is 44.8 Å². The van der Waals surface area contributed by atoms with Crippen molar-refractivity contribution in [2.75, 3.05) is 5.32 Å². The molecular weight excluding hydrogens is 325 g/mol. The topological polar surface area (TPSA) is 83.1 Å². The number of anilines is 1.